The maximum atomic E-state index is 11.4. The highest BCUT2D eigenvalue weighted by atomic mass is 16.6. The van der Waals surface area contributed by atoms with Crippen LogP contribution in [-0.4, -0.2) is 43.5 Å². The smallest absolute Gasteiger partial charge is 0.408 e. The number of esters is 1. The van der Waals surface area contributed by atoms with Gasteiger partial charge in [-0.3, -0.25) is 0 Å². The quantitative estimate of drug-likeness (QED) is 0.563. The van der Waals surface area contributed by atoms with E-state index in [9.17, 15) is 9.59 Å². The van der Waals surface area contributed by atoms with Crippen LogP contribution in [0.3, 0.4) is 0 Å². The Kier molecular flexibility index (Phi) is 3.74. The first-order valence-corrected chi connectivity index (χ1v) is 5.02. The number of hydrogen-bond donors (Lipinski definition) is 1. The molecule has 1 saturated heterocycles. The number of epoxide rings is 1. The minimum Gasteiger partial charge on any atom is -0.467 e. The zero-order valence-electron chi connectivity index (χ0n) is 9.90. The summed E-state index contributed by atoms with van der Waals surface area (Å²) in [4.78, 5) is 22.7. The van der Waals surface area contributed by atoms with Crippen LogP contribution in [0.5, 0.6) is 0 Å². The second-order valence-electron chi connectivity index (χ2n) is 4.52. The number of amides is 1. The van der Waals surface area contributed by atoms with Gasteiger partial charge in [-0.05, 0) is 20.8 Å². The maximum Gasteiger partial charge on any atom is 0.408 e. The lowest BCUT2D eigenvalue weighted by Crippen LogP contribution is -2.47. The molecule has 6 nitrogen and oxygen atoms in total. The predicted molar refractivity (Wildman–Crippen MR) is 54.9 cm³/mol. The lowest BCUT2D eigenvalue weighted by Gasteiger charge is -2.21. The van der Waals surface area contributed by atoms with Crippen molar-refractivity contribution in [3.05, 3.63) is 0 Å². The highest BCUT2D eigenvalue weighted by molar-refractivity contribution is 5.82. The summed E-state index contributed by atoms with van der Waals surface area (Å²) in [6.07, 6.45) is -0.960. The van der Waals surface area contributed by atoms with Gasteiger partial charge in [0.2, 0.25) is 0 Å². The van der Waals surface area contributed by atoms with Crippen molar-refractivity contribution in [1.29, 1.82) is 0 Å². The zero-order valence-corrected chi connectivity index (χ0v) is 9.90. The summed E-state index contributed by atoms with van der Waals surface area (Å²) in [6, 6.07) is -0.792. The van der Waals surface area contributed by atoms with Crippen LogP contribution in [0.2, 0.25) is 0 Å². The van der Waals surface area contributed by atoms with Crippen molar-refractivity contribution < 1.29 is 23.8 Å². The summed E-state index contributed by atoms with van der Waals surface area (Å²) in [5.41, 5.74) is -0.602. The number of nitrogens with one attached hydrogen (secondary N) is 1. The van der Waals surface area contributed by atoms with Crippen molar-refractivity contribution in [2.45, 2.75) is 38.5 Å². The van der Waals surface area contributed by atoms with Crippen LogP contribution < -0.4 is 5.32 Å². The van der Waals surface area contributed by atoms with Gasteiger partial charge in [-0.1, -0.05) is 0 Å². The monoisotopic (exact) mass is 231 g/mol. The number of methoxy groups -OCH3 is 1. The van der Waals surface area contributed by atoms with E-state index in [4.69, 9.17) is 9.47 Å². The van der Waals surface area contributed by atoms with Gasteiger partial charge in [0.25, 0.3) is 0 Å². The van der Waals surface area contributed by atoms with E-state index in [1.54, 1.807) is 20.8 Å². The standard InChI is InChI=1S/C10H17NO5/c1-10(2,3)16-9(13)11-7(6-5-15-6)8(12)14-4/h6-7H,5H2,1-4H3,(H,11,13)/t6-,7+/m1/s1. The fourth-order valence-corrected chi connectivity index (χ4v) is 1.11. The normalized spacial score (nSPS) is 20.9. The third kappa shape index (κ3) is 4.06. The van der Waals surface area contributed by atoms with E-state index in [0.29, 0.717) is 6.61 Å². The van der Waals surface area contributed by atoms with E-state index in [1.165, 1.54) is 7.11 Å². The molecule has 1 aliphatic heterocycles. The van der Waals surface area contributed by atoms with Gasteiger partial charge < -0.3 is 19.5 Å². The fraction of sp³-hybridized carbons (Fsp3) is 0.800. The molecule has 16 heavy (non-hydrogen) atoms. The molecule has 1 aliphatic rings. The highest BCUT2D eigenvalue weighted by Crippen LogP contribution is 2.16. The van der Waals surface area contributed by atoms with E-state index in [2.05, 4.69) is 10.1 Å². The molecule has 0 aromatic heterocycles. The van der Waals surface area contributed by atoms with Gasteiger partial charge in [0.05, 0.1) is 13.7 Å². The van der Waals surface area contributed by atoms with Crippen LogP contribution in [-0.2, 0) is 19.0 Å². The molecule has 0 aromatic rings. The van der Waals surface area contributed by atoms with Gasteiger partial charge in [-0.15, -0.1) is 0 Å². The van der Waals surface area contributed by atoms with E-state index in [0.717, 1.165) is 0 Å². The van der Waals surface area contributed by atoms with Crippen molar-refractivity contribution >= 4 is 12.1 Å². The van der Waals surface area contributed by atoms with Crippen molar-refractivity contribution in [1.82, 2.24) is 5.32 Å². The number of carbonyl (C=O) groups excluding carboxylic acids is 2. The Balaban J connectivity index is 2.49. The molecule has 0 unspecified atom stereocenters. The number of hydrogen-bond acceptors (Lipinski definition) is 5. The fourth-order valence-electron chi connectivity index (χ4n) is 1.11. The zero-order chi connectivity index (χ0) is 12.3. The molecule has 6 heteroatoms. The predicted octanol–water partition coefficient (Wildman–Crippen LogP) is 0.451. The number of alkyl carbamates (subject to hydrolysis) is 1. The Morgan fingerprint density at radius 3 is 2.38 bits per heavy atom. The topological polar surface area (TPSA) is 77.2 Å². The molecule has 2 atom stereocenters. The van der Waals surface area contributed by atoms with Crippen LogP contribution in [0.4, 0.5) is 4.79 Å². The summed E-state index contributed by atoms with van der Waals surface area (Å²) < 4.78 is 14.5. The highest BCUT2D eigenvalue weighted by Gasteiger charge is 2.40. The van der Waals surface area contributed by atoms with Gasteiger partial charge in [0.15, 0.2) is 6.04 Å². The van der Waals surface area contributed by atoms with Crippen LogP contribution >= 0.6 is 0 Å². The summed E-state index contributed by atoms with van der Waals surface area (Å²) in [5, 5.41) is 2.43. The Hall–Kier alpha value is -1.30. The molecule has 92 valence electrons. The van der Waals surface area contributed by atoms with E-state index in [1.807, 2.05) is 0 Å². The molecule has 0 spiro atoms. The Morgan fingerprint density at radius 1 is 1.44 bits per heavy atom. The van der Waals surface area contributed by atoms with Crippen LogP contribution in [0.25, 0.3) is 0 Å². The molecule has 1 rings (SSSR count). The molecule has 0 aromatic carbocycles. The van der Waals surface area contributed by atoms with Crippen LogP contribution in [0.1, 0.15) is 20.8 Å². The van der Waals surface area contributed by atoms with Gasteiger partial charge >= 0.3 is 12.1 Å². The molecule has 1 fully saturated rings. The van der Waals surface area contributed by atoms with Gasteiger partial charge in [-0.25, -0.2) is 9.59 Å². The lowest BCUT2D eigenvalue weighted by atomic mass is 10.2. The summed E-state index contributed by atoms with van der Waals surface area (Å²) >= 11 is 0. The van der Waals surface area contributed by atoms with Crippen LogP contribution in [0, 0.1) is 0 Å². The van der Waals surface area contributed by atoms with Crippen LogP contribution in [0.15, 0.2) is 0 Å². The average Bonchev–Trinajstić information content (AvgIpc) is 2.93. The number of ether oxygens (including phenoxy) is 3. The minimum absolute atomic E-state index is 0.306. The molecular formula is C10H17NO5. The maximum absolute atomic E-state index is 11.4. The largest absolute Gasteiger partial charge is 0.467 e. The molecular weight excluding hydrogens is 214 g/mol. The summed E-state index contributed by atoms with van der Waals surface area (Å²) in [5.74, 6) is -0.534. The van der Waals surface area contributed by atoms with Crippen molar-refractivity contribution in [2.24, 2.45) is 0 Å². The van der Waals surface area contributed by atoms with Gasteiger partial charge in [-0.2, -0.15) is 0 Å². The van der Waals surface area contributed by atoms with Crippen molar-refractivity contribution in [3.8, 4) is 0 Å². The van der Waals surface area contributed by atoms with Gasteiger partial charge in [0.1, 0.15) is 11.7 Å². The Labute approximate surface area is 94.2 Å². The second kappa shape index (κ2) is 4.69. The summed E-state index contributed by atoms with van der Waals surface area (Å²) in [7, 11) is 1.26. The third-order valence-electron chi connectivity index (χ3n) is 1.86. The summed E-state index contributed by atoms with van der Waals surface area (Å²) in [6.45, 7) is 5.67. The van der Waals surface area contributed by atoms with E-state index in [-0.39, 0.29) is 6.10 Å². The molecule has 0 aliphatic carbocycles. The first kappa shape index (κ1) is 12.8. The molecule has 0 saturated carbocycles. The molecule has 0 radical (unpaired) electrons. The van der Waals surface area contributed by atoms with E-state index < -0.39 is 23.7 Å². The second-order valence-corrected chi connectivity index (χ2v) is 4.52. The first-order valence-electron chi connectivity index (χ1n) is 5.02. The minimum atomic E-state index is -0.792. The molecule has 0 bridgehead atoms. The molecule has 1 heterocycles. The first-order chi connectivity index (χ1) is 7.33. The number of carbonyl (C=O) groups is 2. The SMILES string of the molecule is COC(=O)[C@@H](NC(=O)OC(C)(C)C)[C@H]1CO1. The van der Waals surface area contributed by atoms with Crippen molar-refractivity contribution in [3.63, 3.8) is 0 Å². The van der Waals surface area contributed by atoms with Crippen molar-refractivity contribution in [2.75, 3.05) is 13.7 Å². The number of rotatable bonds is 3. The Morgan fingerprint density at radius 2 is 2.00 bits per heavy atom. The average molecular weight is 231 g/mol. The lowest BCUT2D eigenvalue weighted by molar-refractivity contribution is -0.143. The Bertz CT molecular complexity index is 279. The third-order valence-corrected chi connectivity index (χ3v) is 1.86. The van der Waals surface area contributed by atoms with E-state index >= 15 is 0 Å². The molecule has 1 N–H and O–H groups in total. The van der Waals surface area contributed by atoms with Gasteiger partial charge in [0, 0.05) is 0 Å². The molecule has 1 amide bonds.